The lowest BCUT2D eigenvalue weighted by Gasteiger charge is -2.11. The first kappa shape index (κ1) is 12.4. The summed E-state index contributed by atoms with van der Waals surface area (Å²) in [6.07, 6.45) is 0.340. The van der Waals surface area contributed by atoms with E-state index in [-0.39, 0.29) is 12.3 Å². The quantitative estimate of drug-likeness (QED) is 0.764. The van der Waals surface area contributed by atoms with Gasteiger partial charge in [-0.05, 0) is 24.1 Å². The van der Waals surface area contributed by atoms with Crippen LogP contribution in [0.25, 0.3) is 0 Å². The molecule has 0 spiro atoms. The van der Waals surface area contributed by atoms with E-state index in [2.05, 4.69) is 0 Å². The van der Waals surface area contributed by atoms with Crippen LogP contribution >= 0.6 is 0 Å². The molecule has 5 heteroatoms. The van der Waals surface area contributed by atoms with Gasteiger partial charge in [0.15, 0.2) is 11.6 Å². The van der Waals surface area contributed by atoms with Crippen LogP contribution in [0.3, 0.4) is 0 Å². The molecule has 1 amide bonds. The third-order valence-corrected chi connectivity index (χ3v) is 2.39. The highest BCUT2D eigenvalue weighted by Gasteiger charge is 2.14. The van der Waals surface area contributed by atoms with E-state index in [9.17, 15) is 9.18 Å². The van der Waals surface area contributed by atoms with Crippen LogP contribution in [0.2, 0.25) is 0 Å². The van der Waals surface area contributed by atoms with Gasteiger partial charge in [-0.1, -0.05) is 6.07 Å². The number of primary amides is 1. The highest BCUT2D eigenvalue weighted by atomic mass is 19.1. The molecule has 0 bridgehead atoms. The highest BCUT2D eigenvalue weighted by molar-refractivity contribution is 5.77. The van der Waals surface area contributed by atoms with E-state index in [0.717, 1.165) is 0 Å². The maximum absolute atomic E-state index is 13.3. The summed E-state index contributed by atoms with van der Waals surface area (Å²) in [7, 11) is 1.39. The first-order valence-electron chi connectivity index (χ1n) is 4.90. The van der Waals surface area contributed by atoms with Crippen LogP contribution in [0.4, 0.5) is 4.39 Å². The summed E-state index contributed by atoms with van der Waals surface area (Å²) in [6, 6.07) is 4.52. The van der Waals surface area contributed by atoms with Gasteiger partial charge >= 0.3 is 0 Å². The summed E-state index contributed by atoms with van der Waals surface area (Å²) < 4.78 is 18.1. The number of amides is 1. The molecule has 0 aliphatic rings. The van der Waals surface area contributed by atoms with Crippen LogP contribution in [0, 0.1) is 11.7 Å². The average Bonchev–Trinajstić information content (AvgIpc) is 2.25. The van der Waals surface area contributed by atoms with Gasteiger partial charge in [0.1, 0.15) is 0 Å². The summed E-state index contributed by atoms with van der Waals surface area (Å²) in [5.41, 5.74) is 11.2. The Balaban J connectivity index is 2.81. The minimum atomic E-state index is -0.473. The maximum Gasteiger partial charge on any atom is 0.222 e. The number of hydrogen-bond acceptors (Lipinski definition) is 3. The number of hydrogen-bond donors (Lipinski definition) is 2. The Kier molecular flexibility index (Phi) is 4.25. The molecule has 0 aliphatic heterocycles. The smallest absolute Gasteiger partial charge is 0.222 e. The number of halogens is 1. The second-order valence-corrected chi connectivity index (χ2v) is 3.51. The van der Waals surface area contributed by atoms with Gasteiger partial charge in [0.25, 0.3) is 0 Å². The second kappa shape index (κ2) is 5.46. The average molecular weight is 226 g/mol. The molecule has 1 aromatic rings. The van der Waals surface area contributed by atoms with E-state index in [1.54, 1.807) is 6.07 Å². The third-order valence-electron chi connectivity index (χ3n) is 2.39. The Morgan fingerprint density at radius 2 is 2.25 bits per heavy atom. The standard InChI is InChI=1S/C11H15FN2O2/c1-16-10-3-2-7(5-9(10)12)4-8(6-13)11(14)15/h2-3,5,8H,4,6,13H2,1H3,(H2,14,15). The van der Waals surface area contributed by atoms with Crippen LogP contribution in [-0.2, 0) is 11.2 Å². The monoisotopic (exact) mass is 226 g/mol. The van der Waals surface area contributed by atoms with Crippen LogP contribution < -0.4 is 16.2 Å². The largest absolute Gasteiger partial charge is 0.494 e. The molecule has 16 heavy (non-hydrogen) atoms. The fraction of sp³-hybridized carbons (Fsp3) is 0.364. The Morgan fingerprint density at radius 3 is 2.69 bits per heavy atom. The first-order valence-corrected chi connectivity index (χ1v) is 4.90. The number of carbonyl (C=O) groups excluding carboxylic acids is 1. The van der Waals surface area contributed by atoms with Crippen LogP contribution in [0.1, 0.15) is 5.56 Å². The van der Waals surface area contributed by atoms with Gasteiger partial charge in [0.2, 0.25) is 5.91 Å². The van der Waals surface area contributed by atoms with Gasteiger partial charge in [0, 0.05) is 6.54 Å². The molecule has 1 atom stereocenters. The molecule has 0 saturated heterocycles. The molecule has 0 heterocycles. The van der Waals surface area contributed by atoms with Crippen molar-refractivity contribution in [1.29, 1.82) is 0 Å². The van der Waals surface area contributed by atoms with E-state index in [1.165, 1.54) is 19.2 Å². The van der Waals surface area contributed by atoms with Crippen molar-refractivity contribution >= 4 is 5.91 Å². The van der Waals surface area contributed by atoms with Crippen molar-refractivity contribution in [2.24, 2.45) is 17.4 Å². The summed E-state index contributed by atoms with van der Waals surface area (Å²) in [5.74, 6) is -1.22. The summed E-state index contributed by atoms with van der Waals surface area (Å²) >= 11 is 0. The van der Waals surface area contributed by atoms with Crippen molar-refractivity contribution < 1.29 is 13.9 Å². The Hall–Kier alpha value is -1.62. The van der Waals surface area contributed by atoms with Gasteiger partial charge < -0.3 is 16.2 Å². The molecule has 0 saturated carbocycles. The third kappa shape index (κ3) is 2.93. The molecule has 1 unspecified atom stereocenters. The molecule has 0 fully saturated rings. The van der Waals surface area contributed by atoms with Crippen molar-refractivity contribution in [3.63, 3.8) is 0 Å². The van der Waals surface area contributed by atoms with Crippen molar-refractivity contribution in [2.45, 2.75) is 6.42 Å². The van der Waals surface area contributed by atoms with Gasteiger partial charge in [-0.2, -0.15) is 0 Å². The molecule has 0 radical (unpaired) electrons. The lowest BCUT2D eigenvalue weighted by atomic mass is 9.99. The van der Waals surface area contributed by atoms with Crippen molar-refractivity contribution in [3.8, 4) is 5.75 Å². The molecule has 4 N–H and O–H groups in total. The topological polar surface area (TPSA) is 78.3 Å². The second-order valence-electron chi connectivity index (χ2n) is 3.51. The number of ether oxygens (including phenoxy) is 1. The fourth-order valence-corrected chi connectivity index (χ4v) is 1.42. The molecule has 1 rings (SSSR count). The molecule has 0 aromatic heterocycles. The maximum atomic E-state index is 13.3. The predicted octanol–water partition coefficient (Wildman–Crippen LogP) is 0.437. The highest BCUT2D eigenvalue weighted by Crippen LogP contribution is 2.19. The Morgan fingerprint density at radius 1 is 1.56 bits per heavy atom. The van der Waals surface area contributed by atoms with E-state index < -0.39 is 17.6 Å². The van der Waals surface area contributed by atoms with E-state index >= 15 is 0 Å². The van der Waals surface area contributed by atoms with Crippen LogP contribution in [-0.4, -0.2) is 19.6 Å². The van der Waals surface area contributed by atoms with Crippen LogP contribution in [0.5, 0.6) is 5.75 Å². The zero-order chi connectivity index (χ0) is 12.1. The van der Waals surface area contributed by atoms with Gasteiger partial charge in [-0.25, -0.2) is 4.39 Å². The summed E-state index contributed by atoms with van der Waals surface area (Å²) in [6.45, 7) is 0.156. The lowest BCUT2D eigenvalue weighted by Crippen LogP contribution is -2.31. The SMILES string of the molecule is COc1ccc(CC(CN)C(N)=O)cc1F. The number of rotatable bonds is 5. The van der Waals surface area contributed by atoms with Crippen molar-refractivity contribution in [2.75, 3.05) is 13.7 Å². The minimum Gasteiger partial charge on any atom is -0.494 e. The van der Waals surface area contributed by atoms with E-state index in [0.29, 0.717) is 12.0 Å². The van der Waals surface area contributed by atoms with E-state index in [4.69, 9.17) is 16.2 Å². The Bertz CT molecular complexity index is 382. The summed E-state index contributed by atoms with van der Waals surface area (Å²) in [5, 5.41) is 0. The molecule has 4 nitrogen and oxygen atoms in total. The molecular formula is C11H15FN2O2. The molecule has 0 aliphatic carbocycles. The number of nitrogens with two attached hydrogens (primary N) is 2. The Labute approximate surface area is 93.4 Å². The normalized spacial score (nSPS) is 12.2. The first-order chi connectivity index (χ1) is 7.58. The zero-order valence-corrected chi connectivity index (χ0v) is 9.07. The minimum absolute atomic E-state index is 0.156. The van der Waals surface area contributed by atoms with Crippen LogP contribution in [0.15, 0.2) is 18.2 Å². The van der Waals surface area contributed by atoms with Crippen molar-refractivity contribution in [1.82, 2.24) is 0 Å². The van der Waals surface area contributed by atoms with Gasteiger partial charge in [-0.15, -0.1) is 0 Å². The van der Waals surface area contributed by atoms with Gasteiger partial charge in [0.05, 0.1) is 13.0 Å². The molecule has 1 aromatic carbocycles. The fourth-order valence-electron chi connectivity index (χ4n) is 1.42. The lowest BCUT2D eigenvalue weighted by molar-refractivity contribution is -0.121. The number of methoxy groups -OCH3 is 1. The summed E-state index contributed by atoms with van der Waals surface area (Å²) in [4.78, 5) is 11.0. The van der Waals surface area contributed by atoms with E-state index in [1.807, 2.05) is 0 Å². The predicted molar refractivity (Wildman–Crippen MR) is 58.4 cm³/mol. The van der Waals surface area contributed by atoms with Crippen molar-refractivity contribution in [3.05, 3.63) is 29.6 Å². The number of benzene rings is 1. The molecular weight excluding hydrogens is 211 g/mol. The molecule has 88 valence electrons. The van der Waals surface area contributed by atoms with Gasteiger partial charge in [-0.3, -0.25) is 4.79 Å². The zero-order valence-electron chi connectivity index (χ0n) is 9.07. The number of carbonyl (C=O) groups is 1.